The van der Waals surface area contributed by atoms with Crippen LogP contribution in [-0.4, -0.2) is 55.2 Å². The molecule has 2 aromatic heterocycles. The van der Waals surface area contributed by atoms with Crippen LogP contribution in [0.3, 0.4) is 0 Å². The van der Waals surface area contributed by atoms with Gasteiger partial charge in [0.1, 0.15) is 22.3 Å². The number of hydrogen-bond acceptors (Lipinski definition) is 7. The number of carbonyl (C=O) groups is 2. The smallest absolute Gasteiger partial charge is 0.323 e. The van der Waals surface area contributed by atoms with Gasteiger partial charge < -0.3 is 10.0 Å². The lowest BCUT2D eigenvalue weighted by Gasteiger charge is -2.36. The fourth-order valence-corrected chi connectivity index (χ4v) is 5.64. The second kappa shape index (κ2) is 8.67. The van der Waals surface area contributed by atoms with Gasteiger partial charge in [-0.3, -0.25) is 23.7 Å². The second-order valence-corrected chi connectivity index (χ2v) is 10.2. The van der Waals surface area contributed by atoms with Crippen molar-refractivity contribution in [1.29, 1.82) is 0 Å². The average molecular weight is 473 g/mol. The Morgan fingerprint density at radius 2 is 2.00 bits per heavy atom. The summed E-state index contributed by atoms with van der Waals surface area (Å²) in [5.41, 5.74) is 1.49. The first-order valence-electron chi connectivity index (χ1n) is 10.4. The number of rotatable bonds is 4. The van der Waals surface area contributed by atoms with Crippen molar-refractivity contribution >= 4 is 57.7 Å². The zero-order valence-electron chi connectivity index (χ0n) is 18.1. The lowest BCUT2D eigenvalue weighted by molar-refractivity contribution is -0.140. The van der Waals surface area contributed by atoms with Crippen LogP contribution in [0.25, 0.3) is 11.7 Å². The van der Waals surface area contributed by atoms with Crippen LogP contribution in [-0.2, 0) is 9.59 Å². The number of nitrogens with zero attached hydrogens (tertiary/aromatic N) is 4. The average Bonchev–Trinajstić information content (AvgIpc) is 2.96. The predicted octanol–water partition coefficient (Wildman–Crippen LogP) is 2.77. The number of amides is 1. The Morgan fingerprint density at radius 1 is 1.31 bits per heavy atom. The number of piperidine rings is 1. The van der Waals surface area contributed by atoms with Crippen molar-refractivity contribution in [3.05, 3.63) is 44.7 Å². The quantitative estimate of drug-likeness (QED) is 0.536. The van der Waals surface area contributed by atoms with Gasteiger partial charge in [0.2, 0.25) is 0 Å². The molecule has 0 bridgehead atoms. The molecule has 10 heteroatoms. The van der Waals surface area contributed by atoms with E-state index in [2.05, 4.69) is 18.7 Å². The lowest BCUT2D eigenvalue weighted by atomic mass is 9.91. The fourth-order valence-electron chi connectivity index (χ4n) is 4.41. The Kier molecular flexibility index (Phi) is 6.09. The van der Waals surface area contributed by atoms with Crippen LogP contribution in [0.15, 0.2) is 28.0 Å². The summed E-state index contributed by atoms with van der Waals surface area (Å²) in [5.74, 6) is -0.230. The Labute approximate surface area is 194 Å². The highest BCUT2D eigenvalue weighted by Gasteiger charge is 2.34. The van der Waals surface area contributed by atoms with Crippen LogP contribution in [0.5, 0.6) is 0 Å². The molecule has 2 fully saturated rings. The molecule has 2 saturated heterocycles. The first-order valence-corrected chi connectivity index (χ1v) is 11.6. The summed E-state index contributed by atoms with van der Waals surface area (Å²) >= 11 is 6.20. The SMILES string of the molecule is Cc1cccn2c(=O)c(/C=C3/SC(=S)N(CC(=O)O)C3=O)c(N3C[C@@H](C)C[C@H](C)C3)nc12. The molecular formula is C22H24N4O4S2. The number of aryl methyl sites for hydroxylation is 1. The zero-order valence-corrected chi connectivity index (χ0v) is 19.7. The maximum Gasteiger partial charge on any atom is 0.323 e. The Morgan fingerprint density at radius 3 is 2.66 bits per heavy atom. The topological polar surface area (TPSA) is 95.2 Å². The summed E-state index contributed by atoms with van der Waals surface area (Å²) in [6.45, 7) is 7.28. The summed E-state index contributed by atoms with van der Waals surface area (Å²) < 4.78 is 1.65. The third-order valence-electron chi connectivity index (χ3n) is 5.67. The minimum Gasteiger partial charge on any atom is -0.480 e. The number of thiocarbonyl (C=S) groups is 1. The number of pyridine rings is 1. The van der Waals surface area contributed by atoms with Gasteiger partial charge in [-0.1, -0.05) is 43.9 Å². The number of carboxylic acid groups (broad SMARTS) is 1. The van der Waals surface area contributed by atoms with Crippen LogP contribution in [0, 0.1) is 18.8 Å². The van der Waals surface area contributed by atoms with Gasteiger partial charge in [0.15, 0.2) is 0 Å². The monoisotopic (exact) mass is 472 g/mol. The maximum atomic E-state index is 13.5. The summed E-state index contributed by atoms with van der Waals surface area (Å²) in [5, 5.41) is 9.09. The normalized spacial score (nSPS) is 22.9. The van der Waals surface area contributed by atoms with Gasteiger partial charge in [-0.25, -0.2) is 4.98 Å². The highest BCUT2D eigenvalue weighted by atomic mass is 32.2. The van der Waals surface area contributed by atoms with Gasteiger partial charge in [-0.15, -0.1) is 0 Å². The molecule has 4 rings (SSSR count). The fraction of sp³-hybridized carbons (Fsp3) is 0.409. The molecule has 0 saturated carbocycles. The maximum absolute atomic E-state index is 13.5. The molecular weight excluding hydrogens is 448 g/mol. The Bertz CT molecular complexity index is 1210. The molecule has 1 amide bonds. The van der Waals surface area contributed by atoms with E-state index in [1.807, 2.05) is 13.0 Å². The molecule has 2 aliphatic rings. The third kappa shape index (κ3) is 4.16. The molecule has 0 radical (unpaired) electrons. The number of aromatic nitrogens is 2. The van der Waals surface area contributed by atoms with Gasteiger partial charge in [0.05, 0.1) is 10.5 Å². The molecule has 0 aliphatic carbocycles. The van der Waals surface area contributed by atoms with E-state index < -0.39 is 18.4 Å². The van der Waals surface area contributed by atoms with Crippen LogP contribution < -0.4 is 10.5 Å². The van der Waals surface area contributed by atoms with Crippen LogP contribution in [0.2, 0.25) is 0 Å². The number of fused-ring (bicyclic) bond motifs is 1. The highest BCUT2D eigenvalue weighted by molar-refractivity contribution is 8.26. The number of thioether (sulfide) groups is 1. The van der Waals surface area contributed by atoms with E-state index >= 15 is 0 Å². The summed E-state index contributed by atoms with van der Waals surface area (Å²) in [6.07, 6.45) is 4.28. The molecule has 32 heavy (non-hydrogen) atoms. The van der Waals surface area contributed by atoms with Gasteiger partial charge >= 0.3 is 5.97 Å². The van der Waals surface area contributed by atoms with E-state index in [9.17, 15) is 14.4 Å². The van der Waals surface area contributed by atoms with Gasteiger partial charge in [0.25, 0.3) is 11.5 Å². The number of hydrogen-bond donors (Lipinski definition) is 1. The van der Waals surface area contributed by atoms with E-state index in [0.717, 1.165) is 41.7 Å². The number of carbonyl (C=O) groups excluding carboxylic acids is 1. The first-order chi connectivity index (χ1) is 15.2. The van der Waals surface area contributed by atoms with Gasteiger partial charge in [-0.2, -0.15) is 0 Å². The summed E-state index contributed by atoms with van der Waals surface area (Å²) in [6, 6.07) is 3.69. The summed E-state index contributed by atoms with van der Waals surface area (Å²) in [7, 11) is 0. The minimum absolute atomic E-state index is 0.162. The largest absolute Gasteiger partial charge is 0.480 e. The van der Waals surface area contributed by atoms with E-state index in [1.54, 1.807) is 12.3 Å². The molecule has 8 nitrogen and oxygen atoms in total. The van der Waals surface area contributed by atoms with Crippen LogP contribution in [0.4, 0.5) is 5.82 Å². The van der Waals surface area contributed by atoms with Crippen molar-refractivity contribution in [3.8, 4) is 0 Å². The number of anilines is 1. The van der Waals surface area contributed by atoms with Crippen molar-refractivity contribution in [2.75, 3.05) is 24.5 Å². The van der Waals surface area contributed by atoms with Crippen LogP contribution >= 0.6 is 24.0 Å². The lowest BCUT2D eigenvalue weighted by Crippen LogP contribution is -2.40. The number of aliphatic carboxylic acids is 1. The molecule has 1 N–H and O–H groups in total. The van der Waals surface area contributed by atoms with Crippen molar-refractivity contribution in [1.82, 2.24) is 14.3 Å². The summed E-state index contributed by atoms with van der Waals surface area (Å²) in [4.78, 5) is 45.7. The van der Waals surface area contributed by atoms with E-state index in [0.29, 0.717) is 28.9 Å². The second-order valence-electron chi connectivity index (χ2n) is 8.55. The molecule has 4 heterocycles. The molecule has 0 aromatic carbocycles. The van der Waals surface area contributed by atoms with E-state index in [1.165, 1.54) is 10.5 Å². The minimum atomic E-state index is -1.15. The number of carboxylic acids is 1. The predicted molar refractivity (Wildman–Crippen MR) is 129 cm³/mol. The van der Waals surface area contributed by atoms with Crippen molar-refractivity contribution in [2.24, 2.45) is 11.8 Å². The molecule has 0 spiro atoms. The van der Waals surface area contributed by atoms with E-state index in [-0.39, 0.29) is 14.8 Å². The molecule has 2 atom stereocenters. The first kappa shape index (κ1) is 22.5. The van der Waals surface area contributed by atoms with Crippen LogP contribution in [0.1, 0.15) is 31.4 Å². The molecule has 2 aliphatic heterocycles. The van der Waals surface area contributed by atoms with Gasteiger partial charge in [0, 0.05) is 19.3 Å². The van der Waals surface area contributed by atoms with Crippen molar-refractivity contribution in [3.63, 3.8) is 0 Å². The van der Waals surface area contributed by atoms with Crippen molar-refractivity contribution in [2.45, 2.75) is 27.2 Å². The zero-order chi connectivity index (χ0) is 23.2. The third-order valence-corrected chi connectivity index (χ3v) is 7.05. The molecule has 0 unspecified atom stereocenters. The standard InChI is InChI=1S/C22H24N4O4S2/c1-12-7-13(2)10-24(9-12)19-15(20(29)25-6-4-5-14(3)18(25)23-19)8-16-21(30)26(11-17(27)28)22(31)32-16/h4-6,8,12-13H,7,9-11H2,1-3H3,(H,27,28)/b16-8+/t12-,13-/m0/s1. The molecule has 2 aromatic rings. The Balaban J connectivity index is 1.88. The van der Waals surface area contributed by atoms with Crippen molar-refractivity contribution < 1.29 is 14.7 Å². The van der Waals surface area contributed by atoms with E-state index in [4.69, 9.17) is 22.3 Å². The van der Waals surface area contributed by atoms with Gasteiger partial charge in [-0.05, 0) is 42.9 Å². The molecule has 168 valence electrons. The Hall–Kier alpha value is -2.72. The highest BCUT2D eigenvalue weighted by Crippen LogP contribution is 2.34.